The van der Waals surface area contributed by atoms with Gasteiger partial charge < -0.3 is 10.1 Å². The highest BCUT2D eigenvalue weighted by atomic mass is 32.2. The number of hydrogen-bond acceptors (Lipinski definition) is 7. The van der Waals surface area contributed by atoms with E-state index in [-0.39, 0.29) is 16.6 Å². The van der Waals surface area contributed by atoms with Crippen LogP contribution in [-0.4, -0.2) is 62.4 Å². The summed E-state index contributed by atoms with van der Waals surface area (Å²) in [6, 6.07) is 12.0. The molecule has 2 aromatic rings. The Morgan fingerprint density at radius 3 is 2.26 bits per heavy atom. The summed E-state index contributed by atoms with van der Waals surface area (Å²) in [4.78, 5) is 13.2. The van der Waals surface area contributed by atoms with E-state index in [0.717, 1.165) is 50.1 Å². The van der Waals surface area contributed by atoms with E-state index < -0.39 is 14.9 Å². The summed E-state index contributed by atoms with van der Waals surface area (Å²) in [7, 11) is -2.20. The van der Waals surface area contributed by atoms with Crippen molar-refractivity contribution in [3.63, 3.8) is 0 Å². The van der Waals surface area contributed by atoms with E-state index in [2.05, 4.69) is 10.2 Å². The van der Waals surface area contributed by atoms with Gasteiger partial charge in [0.05, 0.1) is 23.8 Å². The number of methoxy groups -OCH3 is 1. The Hall–Kier alpha value is -2.69. The predicted molar refractivity (Wildman–Crippen MR) is 131 cm³/mol. The summed E-state index contributed by atoms with van der Waals surface area (Å²) in [5.41, 5.74) is 1.28. The molecule has 4 rings (SSSR count). The molecule has 2 saturated heterocycles. The van der Waals surface area contributed by atoms with E-state index >= 15 is 0 Å². The van der Waals surface area contributed by atoms with Crippen molar-refractivity contribution in [3.05, 3.63) is 58.1 Å². The Balaban J connectivity index is 1.64. The second-order valence-corrected chi connectivity index (χ2v) is 10.7. The Morgan fingerprint density at radius 2 is 1.65 bits per heavy atom. The van der Waals surface area contributed by atoms with Crippen LogP contribution in [0.25, 0.3) is 0 Å². The van der Waals surface area contributed by atoms with E-state index in [1.165, 1.54) is 28.9 Å². The molecule has 0 aliphatic carbocycles. The van der Waals surface area contributed by atoms with Crippen LogP contribution in [0.15, 0.2) is 47.4 Å². The third-order valence-electron chi connectivity index (χ3n) is 6.68. The van der Waals surface area contributed by atoms with Crippen LogP contribution in [0.2, 0.25) is 0 Å². The average molecular weight is 489 g/mol. The molecular weight excluding hydrogens is 456 g/mol. The fourth-order valence-electron chi connectivity index (χ4n) is 4.77. The smallest absolute Gasteiger partial charge is 0.270 e. The van der Waals surface area contributed by atoms with Gasteiger partial charge >= 0.3 is 0 Å². The maximum Gasteiger partial charge on any atom is 0.270 e. The van der Waals surface area contributed by atoms with Crippen molar-refractivity contribution in [3.8, 4) is 5.75 Å². The lowest BCUT2D eigenvalue weighted by Crippen LogP contribution is -2.37. The zero-order valence-corrected chi connectivity index (χ0v) is 20.3. The average Bonchev–Trinajstić information content (AvgIpc) is 3.41. The largest absolute Gasteiger partial charge is 0.497 e. The molecule has 0 aromatic heterocycles. The van der Waals surface area contributed by atoms with Gasteiger partial charge in [-0.25, -0.2) is 8.42 Å². The third-order valence-corrected chi connectivity index (χ3v) is 8.62. The molecule has 0 radical (unpaired) electrons. The van der Waals surface area contributed by atoms with Gasteiger partial charge in [-0.1, -0.05) is 18.6 Å². The Labute approximate surface area is 200 Å². The van der Waals surface area contributed by atoms with Crippen molar-refractivity contribution in [2.45, 2.75) is 43.0 Å². The van der Waals surface area contributed by atoms with Gasteiger partial charge in [0.2, 0.25) is 10.0 Å². The number of non-ortho nitro benzene ring substituents is 1. The Kier molecular flexibility index (Phi) is 7.70. The quantitative estimate of drug-likeness (QED) is 0.420. The molecule has 2 heterocycles. The first-order chi connectivity index (χ1) is 16.4. The molecule has 2 aliphatic rings. The normalized spacial score (nSPS) is 18.5. The minimum atomic E-state index is -3.84. The summed E-state index contributed by atoms with van der Waals surface area (Å²) >= 11 is 0. The van der Waals surface area contributed by atoms with Crippen LogP contribution in [0.3, 0.4) is 0 Å². The minimum absolute atomic E-state index is 0.0312. The highest BCUT2D eigenvalue weighted by molar-refractivity contribution is 7.89. The van der Waals surface area contributed by atoms with Gasteiger partial charge in [0, 0.05) is 31.8 Å². The molecule has 34 heavy (non-hydrogen) atoms. The number of piperidine rings is 1. The second-order valence-electron chi connectivity index (χ2n) is 8.82. The van der Waals surface area contributed by atoms with Gasteiger partial charge in [-0.15, -0.1) is 0 Å². The molecule has 1 atom stereocenters. The monoisotopic (exact) mass is 488 g/mol. The van der Waals surface area contributed by atoms with Gasteiger partial charge in [-0.2, -0.15) is 4.31 Å². The molecule has 9 nitrogen and oxygen atoms in total. The summed E-state index contributed by atoms with van der Waals surface area (Å²) < 4.78 is 33.4. The predicted octanol–water partition coefficient (Wildman–Crippen LogP) is 4.03. The van der Waals surface area contributed by atoms with Crippen molar-refractivity contribution < 1.29 is 18.1 Å². The first-order valence-corrected chi connectivity index (χ1v) is 13.2. The fraction of sp³-hybridized carbons (Fsp3) is 0.500. The number of nitrogens with zero attached hydrogens (tertiary/aromatic N) is 3. The fourth-order valence-corrected chi connectivity index (χ4v) is 6.48. The van der Waals surface area contributed by atoms with Crippen LogP contribution in [-0.2, 0) is 10.0 Å². The number of anilines is 1. The number of nitrogens with one attached hydrogen (secondary N) is 1. The Bertz CT molecular complexity index is 1090. The number of nitro groups is 1. The van der Waals surface area contributed by atoms with Crippen molar-refractivity contribution in [2.75, 3.05) is 45.2 Å². The molecule has 1 unspecified atom stereocenters. The number of rotatable bonds is 9. The van der Waals surface area contributed by atoms with Crippen molar-refractivity contribution in [1.29, 1.82) is 0 Å². The zero-order chi connectivity index (χ0) is 24.1. The van der Waals surface area contributed by atoms with Crippen molar-refractivity contribution in [1.82, 2.24) is 9.21 Å². The van der Waals surface area contributed by atoms with E-state index in [0.29, 0.717) is 25.3 Å². The van der Waals surface area contributed by atoms with E-state index in [4.69, 9.17) is 4.74 Å². The minimum Gasteiger partial charge on any atom is -0.497 e. The third kappa shape index (κ3) is 5.34. The molecule has 0 amide bonds. The van der Waals surface area contributed by atoms with Crippen LogP contribution in [0, 0.1) is 10.1 Å². The van der Waals surface area contributed by atoms with Crippen LogP contribution < -0.4 is 10.1 Å². The van der Waals surface area contributed by atoms with Gasteiger partial charge in [-0.05, 0) is 62.5 Å². The molecular formula is C24H32N4O5S. The lowest BCUT2D eigenvalue weighted by Gasteiger charge is -2.35. The van der Waals surface area contributed by atoms with Crippen LogP contribution >= 0.6 is 0 Å². The number of benzene rings is 2. The van der Waals surface area contributed by atoms with Gasteiger partial charge in [0.1, 0.15) is 10.6 Å². The molecule has 1 N–H and O–H groups in total. The molecule has 2 fully saturated rings. The number of likely N-dealkylation sites (tertiary alicyclic amines) is 1. The van der Waals surface area contributed by atoms with Crippen LogP contribution in [0.5, 0.6) is 5.75 Å². The number of hydrogen-bond donors (Lipinski definition) is 1. The van der Waals surface area contributed by atoms with Gasteiger partial charge in [0.15, 0.2) is 0 Å². The van der Waals surface area contributed by atoms with Crippen LogP contribution in [0.1, 0.15) is 43.7 Å². The summed E-state index contributed by atoms with van der Waals surface area (Å²) in [6.45, 7) is 3.29. The van der Waals surface area contributed by atoms with E-state index in [1.54, 1.807) is 7.11 Å². The van der Waals surface area contributed by atoms with E-state index in [1.807, 2.05) is 24.3 Å². The summed E-state index contributed by atoms with van der Waals surface area (Å²) in [5, 5.41) is 14.7. The summed E-state index contributed by atoms with van der Waals surface area (Å²) in [5.74, 6) is 0.781. The molecule has 2 aliphatic heterocycles. The maximum atomic E-state index is 13.4. The molecule has 184 valence electrons. The summed E-state index contributed by atoms with van der Waals surface area (Å²) in [6.07, 6.45) is 5.05. The molecule has 2 aromatic carbocycles. The first-order valence-electron chi connectivity index (χ1n) is 11.8. The Morgan fingerprint density at radius 1 is 1.00 bits per heavy atom. The van der Waals surface area contributed by atoms with Crippen LogP contribution in [0.4, 0.5) is 11.4 Å². The lowest BCUT2D eigenvalue weighted by molar-refractivity contribution is -0.385. The zero-order valence-electron chi connectivity index (χ0n) is 19.5. The SMILES string of the molecule is COc1ccc(C(CNc2ccc([N+](=O)[O-])cc2S(=O)(=O)N2CCCC2)N2CCCCC2)cc1. The van der Waals surface area contributed by atoms with Crippen molar-refractivity contribution in [2.24, 2.45) is 0 Å². The van der Waals surface area contributed by atoms with Crippen molar-refractivity contribution >= 4 is 21.4 Å². The topological polar surface area (TPSA) is 105 Å². The number of ether oxygens (including phenoxy) is 1. The number of sulfonamides is 1. The lowest BCUT2D eigenvalue weighted by atomic mass is 10.0. The molecule has 0 spiro atoms. The molecule has 0 bridgehead atoms. The maximum absolute atomic E-state index is 13.4. The highest BCUT2D eigenvalue weighted by Gasteiger charge is 2.31. The second kappa shape index (κ2) is 10.7. The van der Waals surface area contributed by atoms with Gasteiger partial charge in [0.25, 0.3) is 5.69 Å². The highest BCUT2D eigenvalue weighted by Crippen LogP contribution is 2.32. The standard InChI is InChI=1S/C24H32N4O5S/c1-33-21-10-7-19(8-11-21)23(26-13-3-2-4-14-26)18-25-22-12-9-20(28(29)30)17-24(22)34(31,32)27-15-5-6-16-27/h7-12,17,23,25H,2-6,13-16,18H2,1H3. The van der Waals surface area contributed by atoms with E-state index in [9.17, 15) is 18.5 Å². The molecule has 10 heteroatoms. The first kappa shape index (κ1) is 24.4. The number of nitro benzene ring substituents is 1. The van der Waals surface area contributed by atoms with Gasteiger partial charge in [-0.3, -0.25) is 15.0 Å². The molecule has 0 saturated carbocycles.